The van der Waals surface area contributed by atoms with Gasteiger partial charge in [0.2, 0.25) is 0 Å². The van der Waals surface area contributed by atoms with E-state index in [0.717, 1.165) is 6.54 Å². The third-order valence-electron chi connectivity index (χ3n) is 2.06. The highest BCUT2D eigenvalue weighted by Gasteiger charge is 2.08. The number of hydrogen-bond donors (Lipinski definition) is 1. The molecule has 0 aliphatic rings. The second-order valence-corrected chi connectivity index (χ2v) is 5.80. The zero-order valence-electron chi connectivity index (χ0n) is 10.5. The second-order valence-electron chi connectivity index (χ2n) is 4.80. The van der Waals surface area contributed by atoms with Crippen molar-refractivity contribution in [3.63, 3.8) is 0 Å². The van der Waals surface area contributed by atoms with Crippen LogP contribution in [0, 0.1) is 0 Å². The van der Waals surface area contributed by atoms with E-state index >= 15 is 0 Å². The highest BCUT2D eigenvalue weighted by molar-refractivity contribution is 7.99. The molecule has 0 atom stereocenters. The molecule has 0 saturated carbocycles. The maximum atomic E-state index is 5.05. The van der Waals surface area contributed by atoms with Gasteiger partial charge in [-0.1, -0.05) is 23.9 Å². The number of ether oxygens (including phenoxy) is 1. The zero-order valence-corrected chi connectivity index (χ0v) is 11.4. The van der Waals surface area contributed by atoms with Crippen molar-refractivity contribution in [1.82, 2.24) is 5.32 Å². The third-order valence-corrected chi connectivity index (χ3v) is 3.01. The summed E-state index contributed by atoms with van der Waals surface area (Å²) in [5, 5.41) is 3.48. The molecule has 1 rings (SSSR count). The van der Waals surface area contributed by atoms with E-state index in [1.807, 2.05) is 0 Å². The van der Waals surface area contributed by atoms with Gasteiger partial charge in [-0.15, -0.1) is 0 Å². The summed E-state index contributed by atoms with van der Waals surface area (Å²) in [5.74, 6) is 0.705. The molecule has 0 amide bonds. The first-order valence-corrected chi connectivity index (χ1v) is 6.45. The van der Waals surface area contributed by atoms with E-state index in [2.05, 4.69) is 50.4 Å². The van der Waals surface area contributed by atoms with Gasteiger partial charge in [0, 0.05) is 24.1 Å². The van der Waals surface area contributed by atoms with Crippen LogP contribution in [-0.2, 0) is 11.3 Å². The summed E-state index contributed by atoms with van der Waals surface area (Å²) in [6.45, 7) is 7.44. The number of methoxy groups -OCH3 is 1. The van der Waals surface area contributed by atoms with Crippen LogP contribution in [-0.4, -0.2) is 18.6 Å². The number of hydrogen-bond acceptors (Lipinski definition) is 3. The van der Waals surface area contributed by atoms with Crippen LogP contribution in [0.2, 0.25) is 0 Å². The van der Waals surface area contributed by atoms with E-state index in [1.165, 1.54) is 10.5 Å². The van der Waals surface area contributed by atoms with Crippen molar-refractivity contribution in [2.45, 2.75) is 37.8 Å². The van der Waals surface area contributed by atoms with Crippen LogP contribution in [0.15, 0.2) is 29.2 Å². The van der Waals surface area contributed by atoms with E-state index in [-0.39, 0.29) is 5.54 Å². The van der Waals surface area contributed by atoms with Crippen molar-refractivity contribution in [1.29, 1.82) is 0 Å². The molecule has 0 heterocycles. The van der Waals surface area contributed by atoms with E-state index in [1.54, 1.807) is 18.9 Å². The maximum Gasteiger partial charge on any atom is 0.0963 e. The Balaban J connectivity index is 2.53. The molecule has 0 aliphatic heterocycles. The van der Waals surface area contributed by atoms with Gasteiger partial charge < -0.3 is 10.1 Å². The molecule has 90 valence electrons. The van der Waals surface area contributed by atoms with Crippen LogP contribution in [0.3, 0.4) is 0 Å². The quantitative estimate of drug-likeness (QED) is 0.629. The maximum absolute atomic E-state index is 5.05. The van der Waals surface area contributed by atoms with Gasteiger partial charge in [0.15, 0.2) is 0 Å². The van der Waals surface area contributed by atoms with Gasteiger partial charge in [0.05, 0.1) is 5.94 Å². The molecular formula is C13H21NOS. The highest BCUT2D eigenvalue weighted by atomic mass is 32.2. The highest BCUT2D eigenvalue weighted by Crippen LogP contribution is 2.19. The average molecular weight is 239 g/mol. The summed E-state index contributed by atoms with van der Waals surface area (Å²) >= 11 is 1.72. The first-order chi connectivity index (χ1) is 7.51. The molecular weight excluding hydrogens is 218 g/mol. The van der Waals surface area contributed by atoms with E-state index < -0.39 is 0 Å². The monoisotopic (exact) mass is 239 g/mol. The molecule has 1 aromatic carbocycles. The first-order valence-electron chi connectivity index (χ1n) is 5.47. The lowest BCUT2D eigenvalue weighted by Crippen LogP contribution is -2.35. The van der Waals surface area contributed by atoms with Crippen LogP contribution in [0.5, 0.6) is 0 Å². The van der Waals surface area contributed by atoms with Gasteiger partial charge in [0.25, 0.3) is 0 Å². The molecule has 3 heteroatoms. The van der Waals surface area contributed by atoms with E-state index in [9.17, 15) is 0 Å². The number of benzene rings is 1. The Hall–Kier alpha value is -0.510. The summed E-state index contributed by atoms with van der Waals surface area (Å²) in [5.41, 5.74) is 1.48. The van der Waals surface area contributed by atoms with Crippen molar-refractivity contribution in [2.75, 3.05) is 13.0 Å². The summed E-state index contributed by atoms with van der Waals surface area (Å²) in [6.07, 6.45) is 0. The fourth-order valence-electron chi connectivity index (χ4n) is 1.24. The van der Waals surface area contributed by atoms with Gasteiger partial charge in [-0.3, -0.25) is 0 Å². The summed E-state index contributed by atoms with van der Waals surface area (Å²) in [7, 11) is 1.72. The standard InChI is InChI=1S/C13H21NOS/c1-13(2,3)14-9-11-6-5-7-12(8-11)16-10-15-4/h5-8,14H,9-10H2,1-4H3. The minimum absolute atomic E-state index is 0.162. The van der Waals surface area contributed by atoms with Gasteiger partial charge in [0.1, 0.15) is 0 Å². The Morgan fingerprint density at radius 2 is 2.06 bits per heavy atom. The minimum atomic E-state index is 0.162. The van der Waals surface area contributed by atoms with Crippen LogP contribution in [0.1, 0.15) is 26.3 Å². The lowest BCUT2D eigenvalue weighted by atomic mass is 10.1. The van der Waals surface area contributed by atoms with Crippen LogP contribution in [0.4, 0.5) is 0 Å². The van der Waals surface area contributed by atoms with Crippen LogP contribution >= 0.6 is 11.8 Å². The predicted octanol–water partition coefficient (Wildman–Crippen LogP) is 3.27. The summed E-state index contributed by atoms with van der Waals surface area (Å²) in [6, 6.07) is 8.57. The lowest BCUT2D eigenvalue weighted by Gasteiger charge is -2.20. The minimum Gasteiger partial charge on any atom is -0.374 e. The smallest absolute Gasteiger partial charge is 0.0963 e. The Bertz CT molecular complexity index is 320. The Kier molecular flexibility index (Phi) is 5.32. The summed E-state index contributed by atoms with van der Waals surface area (Å²) < 4.78 is 5.05. The molecule has 0 bridgehead atoms. The molecule has 1 aromatic rings. The number of thioether (sulfide) groups is 1. The normalized spacial score (nSPS) is 11.8. The molecule has 0 saturated heterocycles. The van der Waals surface area contributed by atoms with Gasteiger partial charge >= 0.3 is 0 Å². The molecule has 0 aliphatic carbocycles. The van der Waals surface area contributed by atoms with Crippen molar-refractivity contribution < 1.29 is 4.74 Å². The average Bonchev–Trinajstić information content (AvgIpc) is 2.23. The number of nitrogens with one attached hydrogen (secondary N) is 1. The van der Waals surface area contributed by atoms with Gasteiger partial charge in [-0.05, 0) is 38.5 Å². The van der Waals surface area contributed by atoms with Crippen LogP contribution in [0.25, 0.3) is 0 Å². The molecule has 16 heavy (non-hydrogen) atoms. The summed E-state index contributed by atoms with van der Waals surface area (Å²) in [4.78, 5) is 1.26. The third kappa shape index (κ3) is 5.54. The molecule has 2 nitrogen and oxygen atoms in total. The molecule has 0 radical (unpaired) electrons. The SMILES string of the molecule is COCSc1cccc(CNC(C)(C)C)c1. The van der Waals surface area contributed by atoms with Gasteiger partial charge in [-0.25, -0.2) is 0 Å². The fraction of sp³-hybridized carbons (Fsp3) is 0.538. The van der Waals surface area contributed by atoms with Crippen molar-refractivity contribution in [2.24, 2.45) is 0 Å². The Morgan fingerprint density at radius 3 is 2.69 bits per heavy atom. The first kappa shape index (κ1) is 13.6. The van der Waals surface area contributed by atoms with Crippen molar-refractivity contribution >= 4 is 11.8 Å². The topological polar surface area (TPSA) is 21.3 Å². The molecule has 0 fully saturated rings. The molecule has 1 N–H and O–H groups in total. The second kappa shape index (κ2) is 6.28. The molecule has 0 spiro atoms. The largest absolute Gasteiger partial charge is 0.374 e. The van der Waals surface area contributed by atoms with E-state index in [4.69, 9.17) is 4.74 Å². The van der Waals surface area contributed by atoms with Gasteiger partial charge in [-0.2, -0.15) is 0 Å². The Labute approximate surface area is 103 Å². The predicted molar refractivity (Wildman–Crippen MR) is 70.8 cm³/mol. The lowest BCUT2D eigenvalue weighted by molar-refractivity contribution is 0.259. The molecule has 0 aromatic heterocycles. The zero-order chi connectivity index (χ0) is 12.0. The molecule has 0 unspecified atom stereocenters. The van der Waals surface area contributed by atoms with E-state index in [0.29, 0.717) is 5.94 Å². The van der Waals surface area contributed by atoms with Crippen molar-refractivity contribution in [3.8, 4) is 0 Å². The number of rotatable bonds is 5. The fourth-order valence-corrected chi connectivity index (χ4v) is 1.90. The van der Waals surface area contributed by atoms with Crippen LogP contribution < -0.4 is 5.32 Å². The van der Waals surface area contributed by atoms with Crippen molar-refractivity contribution in [3.05, 3.63) is 29.8 Å². The Morgan fingerprint density at radius 1 is 1.31 bits per heavy atom.